The van der Waals surface area contributed by atoms with Gasteiger partial charge in [-0.15, -0.1) is 0 Å². The maximum atomic E-state index is 14.3. The number of aromatic nitrogens is 4. The molecular weight excluding hydrogens is 493 g/mol. The zero-order chi connectivity index (χ0) is 26.3. The highest BCUT2D eigenvalue weighted by molar-refractivity contribution is 5.98. The molecule has 1 aliphatic rings. The molecule has 3 heterocycles. The van der Waals surface area contributed by atoms with Gasteiger partial charge in [0.05, 0.1) is 11.7 Å². The molecule has 0 atom stereocenters. The SMILES string of the molecule is Cn1c(=O)oc2ccc(CNC(=O)c3cc(C(=O)NCC4CCC(F)(F)CC4)n4ncc(F)c4n3)cc21. The number of hydrogen-bond acceptors (Lipinski definition) is 6. The zero-order valence-corrected chi connectivity index (χ0v) is 19.8. The van der Waals surface area contributed by atoms with Crippen molar-refractivity contribution in [2.75, 3.05) is 6.54 Å². The summed E-state index contributed by atoms with van der Waals surface area (Å²) in [5.41, 5.74) is 1.01. The van der Waals surface area contributed by atoms with E-state index in [4.69, 9.17) is 4.42 Å². The number of rotatable bonds is 6. The molecule has 0 unspecified atom stereocenters. The lowest BCUT2D eigenvalue weighted by Gasteiger charge is -2.28. The lowest BCUT2D eigenvalue weighted by Crippen LogP contribution is -2.35. The van der Waals surface area contributed by atoms with Crippen LogP contribution in [-0.2, 0) is 13.6 Å². The summed E-state index contributed by atoms with van der Waals surface area (Å²) in [6.45, 7) is 0.236. The van der Waals surface area contributed by atoms with E-state index in [1.165, 1.54) is 10.6 Å². The van der Waals surface area contributed by atoms with Crippen LogP contribution < -0.4 is 16.4 Å². The summed E-state index contributed by atoms with van der Waals surface area (Å²) in [4.78, 5) is 41.5. The van der Waals surface area contributed by atoms with Crippen molar-refractivity contribution in [3.8, 4) is 0 Å². The van der Waals surface area contributed by atoms with E-state index in [-0.39, 0.29) is 61.7 Å². The monoisotopic (exact) mass is 516 g/mol. The van der Waals surface area contributed by atoms with Crippen molar-refractivity contribution in [2.45, 2.75) is 38.2 Å². The van der Waals surface area contributed by atoms with E-state index < -0.39 is 29.3 Å². The normalized spacial score (nSPS) is 15.8. The van der Waals surface area contributed by atoms with Crippen LogP contribution in [0.1, 0.15) is 52.2 Å². The molecule has 0 radical (unpaired) electrons. The minimum Gasteiger partial charge on any atom is -0.408 e. The van der Waals surface area contributed by atoms with Crippen molar-refractivity contribution in [3.05, 3.63) is 63.8 Å². The van der Waals surface area contributed by atoms with Crippen LogP contribution in [0.2, 0.25) is 0 Å². The molecule has 0 saturated heterocycles. The first-order valence-corrected chi connectivity index (χ1v) is 11.7. The Morgan fingerprint density at radius 3 is 2.68 bits per heavy atom. The highest BCUT2D eigenvalue weighted by Gasteiger charge is 2.35. The predicted octanol–water partition coefficient (Wildman–Crippen LogP) is 2.80. The third-order valence-corrected chi connectivity index (χ3v) is 6.59. The fraction of sp³-hybridized carbons (Fsp3) is 0.375. The maximum absolute atomic E-state index is 14.3. The van der Waals surface area contributed by atoms with Crippen LogP contribution in [0.5, 0.6) is 0 Å². The van der Waals surface area contributed by atoms with Gasteiger partial charge in [0.15, 0.2) is 17.0 Å². The molecule has 2 N–H and O–H groups in total. The number of benzene rings is 1. The summed E-state index contributed by atoms with van der Waals surface area (Å²) in [5, 5.41) is 9.19. The average molecular weight is 516 g/mol. The Labute approximate surface area is 207 Å². The number of nitrogens with zero attached hydrogens (tertiary/aromatic N) is 4. The molecular formula is C24H23F3N6O4. The number of aryl methyl sites for hydroxylation is 1. The van der Waals surface area contributed by atoms with Crippen molar-refractivity contribution in [3.63, 3.8) is 0 Å². The first-order chi connectivity index (χ1) is 17.6. The van der Waals surface area contributed by atoms with Gasteiger partial charge >= 0.3 is 5.76 Å². The number of nitrogens with one attached hydrogen (secondary N) is 2. The molecule has 1 fully saturated rings. The molecule has 13 heteroatoms. The summed E-state index contributed by atoms with van der Waals surface area (Å²) in [7, 11) is 1.56. The minimum absolute atomic E-state index is 0.0661. The first kappa shape index (κ1) is 24.5. The molecule has 5 rings (SSSR count). The summed E-state index contributed by atoms with van der Waals surface area (Å²) < 4.78 is 48.5. The van der Waals surface area contributed by atoms with Crippen molar-refractivity contribution in [2.24, 2.45) is 13.0 Å². The van der Waals surface area contributed by atoms with E-state index in [1.807, 2.05) is 0 Å². The third kappa shape index (κ3) is 4.93. The number of carbonyl (C=O) groups excluding carboxylic acids is 2. The van der Waals surface area contributed by atoms with Crippen LogP contribution in [0.15, 0.2) is 39.7 Å². The van der Waals surface area contributed by atoms with Gasteiger partial charge in [-0.3, -0.25) is 14.2 Å². The summed E-state index contributed by atoms with van der Waals surface area (Å²) >= 11 is 0. The largest absolute Gasteiger partial charge is 0.419 e. The van der Waals surface area contributed by atoms with E-state index in [9.17, 15) is 27.6 Å². The molecule has 37 heavy (non-hydrogen) atoms. The van der Waals surface area contributed by atoms with Gasteiger partial charge in [-0.1, -0.05) is 6.07 Å². The lowest BCUT2D eigenvalue weighted by molar-refractivity contribution is -0.0452. The smallest absolute Gasteiger partial charge is 0.408 e. The Hall–Kier alpha value is -4.16. The van der Waals surface area contributed by atoms with Crippen LogP contribution in [0.4, 0.5) is 13.2 Å². The van der Waals surface area contributed by atoms with E-state index >= 15 is 0 Å². The lowest BCUT2D eigenvalue weighted by atomic mass is 9.87. The highest BCUT2D eigenvalue weighted by atomic mass is 19.3. The molecule has 10 nitrogen and oxygen atoms in total. The molecule has 4 aromatic rings. The Morgan fingerprint density at radius 2 is 1.92 bits per heavy atom. The Kier molecular flexibility index (Phi) is 6.21. The van der Waals surface area contributed by atoms with Crippen LogP contribution in [-0.4, -0.2) is 43.4 Å². The van der Waals surface area contributed by atoms with E-state index in [1.54, 1.807) is 25.2 Å². The van der Waals surface area contributed by atoms with Gasteiger partial charge in [-0.2, -0.15) is 5.10 Å². The van der Waals surface area contributed by atoms with Gasteiger partial charge < -0.3 is 15.1 Å². The van der Waals surface area contributed by atoms with Gasteiger partial charge in [0.25, 0.3) is 11.8 Å². The van der Waals surface area contributed by atoms with Gasteiger partial charge in [0, 0.05) is 39.0 Å². The minimum atomic E-state index is -2.67. The summed E-state index contributed by atoms with van der Waals surface area (Å²) in [5.74, 6) is -5.40. The van der Waals surface area contributed by atoms with Gasteiger partial charge in [0.2, 0.25) is 5.92 Å². The summed E-state index contributed by atoms with van der Waals surface area (Å²) in [6.07, 6.45) is 0.981. The number of halogens is 3. The van der Waals surface area contributed by atoms with Gasteiger partial charge in [-0.25, -0.2) is 27.5 Å². The fourth-order valence-electron chi connectivity index (χ4n) is 4.40. The zero-order valence-electron chi connectivity index (χ0n) is 19.8. The molecule has 194 valence electrons. The number of alkyl halides is 2. The number of oxazole rings is 1. The maximum Gasteiger partial charge on any atom is 0.419 e. The number of hydrogen-bond donors (Lipinski definition) is 2. The topological polar surface area (TPSA) is 124 Å². The van der Waals surface area contributed by atoms with Crippen molar-refractivity contribution < 1.29 is 27.2 Å². The molecule has 1 aliphatic carbocycles. The Morgan fingerprint density at radius 1 is 1.16 bits per heavy atom. The average Bonchev–Trinajstić information content (AvgIpc) is 3.39. The van der Waals surface area contributed by atoms with Gasteiger partial charge in [0.1, 0.15) is 11.4 Å². The highest BCUT2D eigenvalue weighted by Crippen LogP contribution is 2.35. The van der Waals surface area contributed by atoms with E-state index in [0.29, 0.717) is 16.7 Å². The van der Waals surface area contributed by atoms with E-state index in [0.717, 1.165) is 10.7 Å². The molecule has 0 spiro atoms. The summed E-state index contributed by atoms with van der Waals surface area (Å²) in [6, 6.07) is 6.18. The predicted molar refractivity (Wildman–Crippen MR) is 125 cm³/mol. The quantitative estimate of drug-likeness (QED) is 0.406. The Bertz CT molecular complexity index is 1560. The first-order valence-electron chi connectivity index (χ1n) is 11.7. The van der Waals surface area contributed by atoms with E-state index in [2.05, 4.69) is 20.7 Å². The van der Waals surface area contributed by atoms with Crippen LogP contribution in [0.3, 0.4) is 0 Å². The van der Waals surface area contributed by atoms with Gasteiger partial charge in [-0.05, 0) is 36.5 Å². The molecule has 1 aromatic carbocycles. The fourth-order valence-corrected chi connectivity index (χ4v) is 4.40. The molecule has 3 aromatic heterocycles. The van der Waals surface area contributed by atoms with Crippen molar-refractivity contribution in [1.82, 2.24) is 29.8 Å². The molecule has 0 aliphatic heterocycles. The standard InChI is InChI=1S/C24H23F3N6O4/c1-32-17-8-14(2-3-19(17)37-23(32)36)11-28-21(34)16-9-18(33-20(31-16)15(25)12-30-33)22(35)29-10-13-4-6-24(26,27)7-5-13/h2-3,8-9,12-13H,4-7,10-11H2,1H3,(H,28,34)(H,29,35). The van der Waals surface area contributed by atoms with Crippen LogP contribution >= 0.6 is 0 Å². The molecule has 0 bridgehead atoms. The van der Waals surface area contributed by atoms with Crippen LogP contribution in [0.25, 0.3) is 16.7 Å². The second kappa shape index (κ2) is 9.37. The second-order valence-electron chi connectivity index (χ2n) is 9.18. The molecule has 2 amide bonds. The third-order valence-electron chi connectivity index (χ3n) is 6.59. The number of amides is 2. The van der Waals surface area contributed by atoms with Crippen molar-refractivity contribution >= 4 is 28.6 Å². The van der Waals surface area contributed by atoms with Crippen LogP contribution in [0, 0.1) is 11.7 Å². The molecule has 1 saturated carbocycles. The second-order valence-corrected chi connectivity index (χ2v) is 9.18. The van der Waals surface area contributed by atoms with Crippen molar-refractivity contribution in [1.29, 1.82) is 0 Å². The number of fused-ring (bicyclic) bond motifs is 2. The number of carbonyl (C=O) groups is 2. The Balaban J connectivity index is 1.32.